The van der Waals surface area contributed by atoms with E-state index in [9.17, 15) is 0 Å². The summed E-state index contributed by atoms with van der Waals surface area (Å²) < 4.78 is 11.8. The summed E-state index contributed by atoms with van der Waals surface area (Å²) in [5.74, 6) is 2.32. The van der Waals surface area contributed by atoms with E-state index in [-0.39, 0.29) is 0 Å². The van der Waals surface area contributed by atoms with Crippen molar-refractivity contribution in [2.24, 2.45) is 0 Å². The number of benzene rings is 8. The highest BCUT2D eigenvalue weighted by Gasteiger charge is 2.50. The second-order valence-electron chi connectivity index (χ2n) is 15.3. The molecular weight excluding hydrogens is 709 g/mol. The summed E-state index contributed by atoms with van der Waals surface area (Å²) in [4.78, 5) is 10.7. The molecule has 5 nitrogen and oxygen atoms in total. The molecule has 2 aliphatic rings. The highest BCUT2D eigenvalue weighted by Crippen LogP contribution is 2.61. The zero-order valence-electron chi connectivity index (χ0n) is 31.2. The topological polar surface area (TPSA) is 44.9 Å². The average Bonchev–Trinajstić information content (AvgIpc) is 3.81. The van der Waals surface area contributed by atoms with Gasteiger partial charge in [-0.15, -0.1) is 0 Å². The quantitative estimate of drug-likeness (QED) is 0.181. The first kappa shape index (κ1) is 31.4. The fourth-order valence-electron chi connectivity index (χ4n) is 10.0. The Hall–Kier alpha value is -7.76. The standard InChI is InChI=1S/C53H32N4O/c1-3-16-33(17-4-1)43-32-44(34-18-5-2-6-19-34)55-52(54-43)57-46-27-12-8-21-36(46)38-30-50-42(31-48(38)57)53(40-24-10-14-29-49(40)58-50)39-23-9-13-28-47(39)56-45-26-11-7-20-35(45)37-22-15-25-41(53)51(37)56/h1-32H. The minimum absolute atomic E-state index is 0.615. The molecule has 0 aliphatic carbocycles. The molecule has 3 aromatic heterocycles. The van der Waals surface area contributed by atoms with Crippen LogP contribution in [-0.2, 0) is 5.41 Å². The van der Waals surface area contributed by atoms with Crippen LogP contribution in [0.1, 0.15) is 22.3 Å². The van der Waals surface area contributed by atoms with Gasteiger partial charge in [0.2, 0.25) is 5.95 Å². The van der Waals surface area contributed by atoms with E-state index < -0.39 is 5.41 Å². The lowest BCUT2D eigenvalue weighted by Crippen LogP contribution is -2.37. The van der Waals surface area contributed by atoms with Crippen LogP contribution >= 0.6 is 0 Å². The van der Waals surface area contributed by atoms with Crippen LogP contribution in [0.3, 0.4) is 0 Å². The van der Waals surface area contributed by atoms with Crippen molar-refractivity contribution in [3.8, 4) is 45.6 Å². The largest absolute Gasteiger partial charge is 0.457 e. The number of hydrogen-bond donors (Lipinski definition) is 0. The van der Waals surface area contributed by atoms with Gasteiger partial charge in [-0.25, -0.2) is 9.97 Å². The third-order valence-corrected chi connectivity index (χ3v) is 12.4. The van der Waals surface area contributed by atoms with Crippen LogP contribution in [0.4, 0.5) is 0 Å². The van der Waals surface area contributed by atoms with Crippen molar-refractivity contribution in [1.82, 2.24) is 19.1 Å². The Kier molecular flexibility index (Phi) is 6.31. The summed E-state index contributed by atoms with van der Waals surface area (Å²) >= 11 is 0. The Morgan fingerprint density at radius 2 is 0.948 bits per heavy atom. The van der Waals surface area contributed by atoms with Crippen molar-refractivity contribution < 1.29 is 4.74 Å². The summed E-state index contributed by atoms with van der Waals surface area (Å²) in [6.45, 7) is 0. The van der Waals surface area contributed by atoms with Crippen LogP contribution in [0.25, 0.3) is 77.8 Å². The van der Waals surface area contributed by atoms with Gasteiger partial charge in [-0.1, -0.05) is 152 Å². The molecule has 5 heteroatoms. The summed E-state index contributed by atoms with van der Waals surface area (Å²) in [6, 6.07) is 69.2. The van der Waals surface area contributed by atoms with Crippen LogP contribution in [0, 0.1) is 0 Å². The van der Waals surface area contributed by atoms with Gasteiger partial charge < -0.3 is 9.30 Å². The molecule has 8 aromatic carbocycles. The second-order valence-corrected chi connectivity index (χ2v) is 15.3. The van der Waals surface area contributed by atoms with E-state index in [1.54, 1.807) is 0 Å². The molecule has 0 radical (unpaired) electrons. The van der Waals surface area contributed by atoms with Gasteiger partial charge in [0, 0.05) is 43.8 Å². The molecule has 1 unspecified atom stereocenters. The van der Waals surface area contributed by atoms with Crippen molar-refractivity contribution in [2.75, 3.05) is 0 Å². The number of hydrogen-bond acceptors (Lipinski definition) is 3. The lowest BCUT2D eigenvalue weighted by molar-refractivity contribution is 0.435. The molecule has 2 aliphatic heterocycles. The van der Waals surface area contributed by atoms with E-state index in [2.05, 4.69) is 191 Å². The van der Waals surface area contributed by atoms with E-state index in [0.29, 0.717) is 5.95 Å². The van der Waals surface area contributed by atoms with Crippen molar-refractivity contribution in [3.63, 3.8) is 0 Å². The molecule has 0 amide bonds. The summed E-state index contributed by atoms with van der Waals surface area (Å²) in [6.07, 6.45) is 0. The van der Waals surface area contributed by atoms with Gasteiger partial charge in [0.1, 0.15) is 11.5 Å². The van der Waals surface area contributed by atoms with Crippen molar-refractivity contribution in [2.45, 2.75) is 5.41 Å². The molecule has 0 N–H and O–H groups in total. The van der Waals surface area contributed by atoms with E-state index in [1.165, 1.54) is 38.6 Å². The molecule has 58 heavy (non-hydrogen) atoms. The Morgan fingerprint density at radius 1 is 0.379 bits per heavy atom. The van der Waals surface area contributed by atoms with Gasteiger partial charge in [0.25, 0.3) is 0 Å². The number of para-hydroxylation sites is 5. The zero-order valence-corrected chi connectivity index (χ0v) is 31.2. The van der Waals surface area contributed by atoms with Crippen molar-refractivity contribution in [1.29, 1.82) is 0 Å². The van der Waals surface area contributed by atoms with Gasteiger partial charge in [-0.05, 0) is 53.6 Å². The Labute approximate surface area is 333 Å². The third-order valence-electron chi connectivity index (χ3n) is 12.4. The number of nitrogens with zero attached hydrogens (tertiary/aromatic N) is 4. The van der Waals surface area contributed by atoms with Gasteiger partial charge in [0.15, 0.2) is 0 Å². The van der Waals surface area contributed by atoms with E-state index >= 15 is 0 Å². The first-order valence-corrected chi connectivity index (χ1v) is 19.8. The molecule has 0 fully saturated rings. The average molecular weight is 741 g/mol. The molecule has 11 aromatic rings. The number of aromatic nitrogens is 4. The zero-order chi connectivity index (χ0) is 38.0. The minimum atomic E-state index is -0.706. The van der Waals surface area contributed by atoms with E-state index in [0.717, 1.165) is 66.9 Å². The van der Waals surface area contributed by atoms with E-state index in [1.807, 2.05) is 12.1 Å². The van der Waals surface area contributed by atoms with Crippen LogP contribution in [0.2, 0.25) is 0 Å². The first-order valence-electron chi connectivity index (χ1n) is 19.8. The minimum Gasteiger partial charge on any atom is -0.457 e. The number of ether oxygens (including phenoxy) is 1. The normalized spacial score (nSPS) is 15.1. The molecular formula is C53H32N4O. The summed E-state index contributed by atoms with van der Waals surface area (Å²) in [7, 11) is 0. The Morgan fingerprint density at radius 3 is 1.69 bits per heavy atom. The molecule has 13 rings (SSSR count). The van der Waals surface area contributed by atoms with Crippen LogP contribution in [-0.4, -0.2) is 19.1 Å². The summed E-state index contributed by atoms with van der Waals surface area (Å²) in [5, 5.41) is 4.67. The molecule has 270 valence electrons. The first-order chi connectivity index (χ1) is 28.8. The lowest BCUT2D eigenvalue weighted by atomic mass is 9.61. The SMILES string of the molecule is c1ccc(-c2cc(-c3ccccc3)nc(-n3c4ccccc4c4cc5c(cc43)C3(c4ccccc4O5)c4ccccc4-n4c5ccccc5c5cccc3c54)n2)cc1. The number of rotatable bonds is 3. The fourth-order valence-corrected chi connectivity index (χ4v) is 10.0. The molecule has 0 bridgehead atoms. The maximum absolute atomic E-state index is 7.04. The monoisotopic (exact) mass is 740 g/mol. The van der Waals surface area contributed by atoms with Gasteiger partial charge in [0.05, 0.1) is 44.6 Å². The second kappa shape index (κ2) is 11.6. The highest BCUT2D eigenvalue weighted by atomic mass is 16.5. The molecule has 1 atom stereocenters. The lowest BCUT2D eigenvalue weighted by Gasteiger charge is -2.45. The highest BCUT2D eigenvalue weighted by molar-refractivity contribution is 6.13. The number of fused-ring (bicyclic) bond motifs is 14. The summed E-state index contributed by atoms with van der Waals surface area (Å²) in [5.41, 5.74) is 13.4. The fraction of sp³-hybridized carbons (Fsp3) is 0.0189. The van der Waals surface area contributed by atoms with Crippen molar-refractivity contribution >= 4 is 43.6 Å². The van der Waals surface area contributed by atoms with Crippen LogP contribution in [0.15, 0.2) is 194 Å². The maximum atomic E-state index is 7.04. The Bertz CT molecular complexity index is 3430. The third kappa shape index (κ3) is 4.09. The predicted molar refractivity (Wildman–Crippen MR) is 234 cm³/mol. The maximum Gasteiger partial charge on any atom is 0.235 e. The van der Waals surface area contributed by atoms with Crippen LogP contribution in [0.5, 0.6) is 11.5 Å². The molecule has 0 saturated carbocycles. The smallest absolute Gasteiger partial charge is 0.235 e. The van der Waals surface area contributed by atoms with Crippen molar-refractivity contribution in [3.05, 3.63) is 216 Å². The molecule has 5 heterocycles. The predicted octanol–water partition coefficient (Wildman–Crippen LogP) is 12.8. The van der Waals surface area contributed by atoms with E-state index in [4.69, 9.17) is 14.7 Å². The molecule has 1 spiro atoms. The molecule has 0 saturated heterocycles. The Balaban J connectivity index is 1.18. The van der Waals surface area contributed by atoms with Gasteiger partial charge >= 0.3 is 0 Å². The van der Waals surface area contributed by atoms with Gasteiger partial charge in [-0.3, -0.25) is 4.57 Å². The van der Waals surface area contributed by atoms with Gasteiger partial charge in [-0.2, -0.15) is 0 Å². The van der Waals surface area contributed by atoms with Crippen LogP contribution < -0.4 is 4.74 Å².